The van der Waals surface area contributed by atoms with Crippen molar-refractivity contribution in [3.8, 4) is 0 Å². The Morgan fingerprint density at radius 3 is 0.941 bits per heavy atom. The van der Waals surface area contributed by atoms with Gasteiger partial charge in [-0.1, -0.05) is 136 Å². The average molecular weight is 492 g/mol. The smallest absolute Gasteiger partial charge is 0.0156 e. The molecule has 0 amide bonds. The third kappa shape index (κ3) is 4.92. The molecule has 0 unspecified atom stereocenters. The average Bonchev–Trinajstić information content (AvgIpc) is 2.89. The first kappa shape index (κ1) is 23.1. The van der Waals surface area contributed by atoms with Gasteiger partial charge < -0.3 is 0 Å². The summed E-state index contributed by atoms with van der Waals surface area (Å²) in [6, 6.07) is 46.7. The molecule has 0 aliphatic heterocycles. The Morgan fingerprint density at radius 2 is 0.676 bits per heavy atom. The van der Waals surface area contributed by atoms with Crippen LogP contribution in [0, 0.1) is 13.8 Å². The minimum atomic E-state index is -0.604. The van der Waals surface area contributed by atoms with Gasteiger partial charge in [0.25, 0.3) is 0 Å². The topological polar surface area (TPSA) is 0 Å². The molecule has 5 rings (SSSR count). The molecule has 0 fully saturated rings. The van der Waals surface area contributed by atoms with Crippen molar-refractivity contribution in [3.05, 3.63) is 139 Å². The van der Waals surface area contributed by atoms with Gasteiger partial charge in [-0.25, -0.2) is 0 Å². The fraction of sp³-hybridized carbons (Fsp3) is 0.0645. The summed E-state index contributed by atoms with van der Waals surface area (Å²) in [5.74, 6) is 0. The van der Waals surface area contributed by atoms with Crippen molar-refractivity contribution in [2.45, 2.75) is 13.8 Å². The molecule has 5 aromatic rings. The van der Waals surface area contributed by atoms with Gasteiger partial charge in [-0.05, 0) is 62.0 Å². The lowest BCUT2D eigenvalue weighted by Gasteiger charge is -2.26. The molecule has 0 aliphatic rings. The zero-order chi connectivity index (χ0) is 23.3. The van der Waals surface area contributed by atoms with Gasteiger partial charge in [0.15, 0.2) is 0 Å². The third-order valence-corrected chi connectivity index (χ3v) is 13.6. The highest BCUT2D eigenvalue weighted by molar-refractivity contribution is 7.91. The maximum absolute atomic E-state index is 2.43. The van der Waals surface area contributed by atoms with E-state index in [1.54, 1.807) is 10.1 Å². The molecule has 34 heavy (non-hydrogen) atoms. The van der Waals surface area contributed by atoms with Gasteiger partial charge in [0.1, 0.15) is 0 Å². The Hall–Kier alpha value is -2.61. The quantitative estimate of drug-likeness (QED) is 0.241. The SMILES string of the molecule is Cc1cc(C)c(P(c2ccccc2)c2ccccc2)pc1P(c1ccccc1)c1ccccc1. The molecule has 0 saturated carbocycles. The van der Waals surface area contributed by atoms with Crippen LogP contribution < -0.4 is 31.3 Å². The summed E-state index contributed by atoms with van der Waals surface area (Å²) in [7, 11) is 0.152. The summed E-state index contributed by atoms with van der Waals surface area (Å²) in [5.41, 5.74) is 2.83. The van der Waals surface area contributed by atoms with Crippen LogP contribution in [0.25, 0.3) is 0 Å². The van der Waals surface area contributed by atoms with Crippen LogP contribution in [-0.4, -0.2) is 0 Å². The first-order chi connectivity index (χ1) is 16.7. The van der Waals surface area contributed by atoms with Gasteiger partial charge in [0.05, 0.1) is 0 Å². The van der Waals surface area contributed by atoms with Gasteiger partial charge in [0, 0.05) is 10.1 Å². The van der Waals surface area contributed by atoms with E-state index < -0.39 is 15.8 Å². The maximum atomic E-state index is 2.43. The van der Waals surface area contributed by atoms with Gasteiger partial charge in [-0.2, -0.15) is 0 Å². The molecule has 0 radical (unpaired) electrons. The predicted molar refractivity (Wildman–Crippen MR) is 156 cm³/mol. The number of hydrogen-bond acceptors (Lipinski definition) is 0. The largest absolute Gasteiger partial charge is 0.0622 e. The van der Waals surface area contributed by atoms with Crippen molar-refractivity contribution in [3.63, 3.8) is 0 Å². The van der Waals surface area contributed by atoms with Crippen LogP contribution in [0.4, 0.5) is 0 Å². The van der Waals surface area contributed by atoms with Crippen LogP contribution in [0.1, 0.15) is 11.1 Å². The lowest BCUT2D eigenvalue weighted by molar-refractivity contribution is 1.47. The van der Waals surface area contributed by atoms with E-state index in [2.05, 4.69) is 141 Å². The Bertz CT molecular complexity index is 1170. The molecular formula is C31H27P3. The molecule has 0 atom stereocenters. The van der Waals surface area contributed by atoms with Crippen LogP contribution in [-0.2, 0) is 0 Å². The fourth-order valence-electron chi connectivity index (χ4n) is 4.28. The highest BCUT2D eigenvalue weighted by atomic mass is 31.2. The zero-order valence-corrected chi connectivity index (χ0v) is 22.1. The van der Waals surface area contributed by atoms with Crippen LogP contribution in [0.2, 0.25) is 0 Å². The van der Waals surface area contributed by atoms with E-state index in [4.69, 9.17) is 0 Å². The van der Waals surface area contributed by atoms with E-state index in [1.807, 2.05) is 0 Å². The lowest BCUT2D eigenvalue weighted by atomic mass is 10.3. The second-order valence-electron chi connectivity index (χ2n) is 8.28. The molecule has 1 aromatic heterocycles. The standard InChI is InChI=1S/C31H27P3/c1-24-23-25(2)31(34(28-19-11-5-12-20-28)29-21-13-6-14-22-29)32-30(24)33(26-15-7-3-8-16-26)27-17-9-4-10-18-27/h3-23H,1-2H3. The zero-order valence-electron chi connectivity index (χ0n) is 19.5. The molecule has 0 spiro atoms. The molecule has 4 aromatic carbocycles. The molecule has 3 heteroatoms. The highest BCUT2D eigenvalue weighted by Crippen LogP contribution is 2.42. The monoisotopic (exact) mass is 492 g/mol. The Kier molecular flexibility index (Phi) is 7.33. The first-order valence-electron chi connectivity index (χ1n) is 11.5. The Labute approximate surface area is 207 Å². The summed E-state index contributed by atoms with van der Waals surface area (Å²) >= 11 is 0. The Balaban J connectivity index is 1.73. The van der Waals surface area contributed by atoms with Gasteiger partial charge in [0.2, 0.25) is 0 Å². The highest BCUT2D eigenvalue weighted by Gasteiger charge is 2.24. The number of aryl methyl sites for hydroxylation is 2. The van der Waals surface area contributed by atoms with Crippen molar-refractivity contribution in [1.29, 1.82) is 0 Å². The van der Waals surface area contributed by atoms with E-state index in [0.717, 1.165) is 0 Å². The number of benzene rings is 4. The third-order valence-electron chi connectivity index (χ3n) is 5.83. The molecule has 0 bridgehead atoms. The fourth-order valence-corrected chi connectivity index (χ4v) is 12.3. The summed E-state index contributed by atoms with van der Waals surface area (Å²) < 4.78 is 0. The maximum Gasteiger partial charge on any atom is 0.0156 e. The molecule has 0 N–H and O–H groups in total. The van der Waals surface area contributed by atoms with E-state index >= 15 is 0 Å². The van der Waals surface area contributed by atoms with Crippen molar-refractivity contribution >= 4 is 55.3 Å². The van der Waals surface area contributed by atoms with Crippen molar-refractivity contribution in [1.82, 2.24) is 0 Å². The van der Waals surface area contributed by atoms with Crippen LogP contribution in [0.15, 0.2) is 127 Å². The van der Waals surface area contributed by atoms with E-state index in [9.17, 15) is 0 Å². The van der Waals surface area contributed by atoms with Crippen molar-refractivity contribution in [2.75, 3.05) is 0 Å². The van der Waals surface area contributed by atoms with E-state index in [0.29, 0.717) is 0 Å². The van der Waals surface area contributed by atoms with E-state index in [1.165, 1.54) is 40.5 Å². The summed E-state index contributed by atoms with van der Waals surface area (Å²) in [4.78, 5) is 0. The number of rotatable bonds is 6. The lowest BCUT2D eigenvalue weighted by Crippen LogP contribution is -2.25. The summed E-state index contributed by atoms with van der Waals surface area (Å²) in [5, 5.41) is 8.77. The molecule has 166 valence electrons. The minimum absolute atomic E-state index is 0.604. The van der Waals surface area contributed by atoms with Crippen molar-refractivity contribution < 1.29 is 0 Å². The molecule has 0 saturated heterocycles. The predicted octanol–water partition coefficient (Wildman–Crippen LogP) is 6.40. The molecule has 0 nitrogen and oxygen atoms in total. The second-order valence-corrected chi connectivity index (χ2v) is 14.4. The summed E-state index contributed by atoms with van der Waals surface area (Å²) in [6.07, 6.45) is 0. The molecule has 0 aliphatic carbocycles. The summed E-state index contributed by atoms with van der Waals surface area (Å²) in [6.45, 7) is 4.61. The molecular weight excluding hydrogens is 465 g/mol. The van der Waals surface area contributed by atoms with Gasteiger partial charge >= 0.3 is 0 Å². The minimum Gasteiger partial charge on any atom is -0.0622 e. The number of hydrogen-bond donors (Lipinski definition) is 0. The molecule has 1 heterocycles. The van der Waals surface area contributed by atoms with Gasteiger partial charge in [-0.15, -0.1) is 0 Å². The van der Waals surface area contributed by atoms with E-state index in [-0.39, 0.29) is 0 Å². The normalized spacial score (nSPS) is 11.2. The van der Waals surface area contributed by atoms with Crippen LogP contribution in [0.3, 0.4) is 0 Å². The Morgan fingerprint density at radius 1 is 0.412 bits per heavy atom. The van der Waals surface area contributed by atoms with Crippen LogP contribution >= 0.6 is 24.0 Å². The van der Waals surface area contributed by atoms with Crippen molar-refractivity contribution in [2.24, 2.45) is 0 Å². The van der Waals surface area contributed by atoms with Gasteiger partial charge in [-0.3, -0.25) is 0 Å². The first-order valence-corrected chi connectivity index (χ1v) is 15.1. The second kappa shape index (κ2) is 10.8. The van der Waals surface area contributed by atoms with Crippen LogP contribution in [0.5, 0.6) is 0 Å².